The first kappa shape index (κ1) is 13.2. The van der Waals surface area contributed by atoms with Gasteiger partial charge in [-0.05, 0) is 27.7 Å². The van der Waals surface area contributed by atoms with E-state index < -0.39 is 0 Å². The molecule has 14 heavy (non-hydrogen) atoms. The SMILES string of the molecule is COCC(C)N(C)C(=O)NC(C)(C)C. The predicted octanol–water partition coefficient (Wildman–Crippen LogP) is 1.46. The Hall–Kier alpha value is -0.770. The third-order valence-corrected chi connectivity index (χ3v) is 1.87. The molecular weight excluding hydrogens is 180 g/mol. The van der Waals surface area contributed by atoms with Crippen molar-refractivity contribution in [1.82, 2.24) is 10.2 Å². The zero-order chi connectivity index (χ0) is 11.4. The molecule has 4 nitrogen and oxygen atoms in total. The summed E-state index contributed by atoms with van der Waals surface area (Å²) in [6.07, 6.45) is 0. The van der Waals surface area contributed by atoms with Crippen molar-refractivity contribution in [3.63, 3.8) is 0 Å². The van der Waals surface area contributed by atoms with Gasteiger partial charge >= 0.3 is 6.03 Å². The Morgan fingerprint density at radius 2 is 2.00 bits per heavy atom. The van der Waals surface area contributed by atoms with Gasteiger partial charge in [0.05, 0.1) is 12.6 Å². The molecule has 4 heteroatoms. The van der Waals surface area contributed by atoms with E-state index in [1.54, 1.807) is 19.1 Å². The molecule has 0 fully saturated rings. The van der Waals surface area contributed by atoms with Gasteiger partial charge in [0.25, 0.3) is 0 Å². The fraction of sp³-hybridized carbons (Fsp3) is 0.900. The minimum atomic E-state index is -0.196. The van der Waals surface area contributed by atoms with Crippen LogP contribution in [-0.2, 0) is 4.74 Å². The lowest BCUT2D eigenvalue weighted by Gasteiger charge is -2.29. The topological polar surface area (TPSA) is 41.6 Å². The zero-order valence-corrected chi connectivity index (χ0v) is 10.0. The van der Waals surface area contributed by atoms with Gasteiger partial charge in [0, 0.05) is 19.7 Å². The van der Waals surface area contributed by atoms with E-state index >= 15 is 0 Å². The molecule has 0 saturated heterocycles. The van der Waals surface area contributed by atoms with Crippen molar-refractivity contribution in [1.29, 1.82) is 0 Å². The molecule has 0 rings (SSSR count). The smallest absolute Gasteiger partial charge is 0.317 e. The summed E-state index contributed by atoms with van der Waals surface area (Å²) in [6, 6.07) is 0.0180. The molecule has 0 aliphatic heterocycles. The Labute approximate surface area is 86.6 Å². The van der Waals surface area contributed by atoms with Gasteiger partial charge < -0.3 is 15.0 Å². The Kier molecular flexibility index (Phi) is 4.91. The molecule has 0 spiro atoms. The van der Waals surface area contributed by atoms with Crippen molar-refractivity contribution in [3.8, 4) is 0 Å². The molecule has 0 heterocycles. The number of carbonyl (C=O) groups is 1. The standard InChI is InChI=1S/C10H22N2O2/c1-8(7-14-6)12(5)9(13)11-10(2,3)4/h8H,7H2,1-6H3,(H,11,13). The van der Waals surface area contributed by atoms with Crippen LogP contribution < -0.4 is 5.32 Å². The first-order chi connectivity index (χ1) is 6.28. The monoisotopic (exact) mass is 202 g/mol. The molecule has 0 bridgehead atoms. The van der Waals surface area contributed by atoms with Gasteiger partial charge in [0.2, 0.25) is 0 Å². The van der Waals surface area contributed by atoms with Crippen LogP contribution in [0.15, 0.2) is 0 Å². The number of amides is 2. The fourth-order valence-corrected chi connectivity index (χ4v) is 0.962. The van der Waals surface area contributed by atoms with E-state index in [1.807, 2.05) is 27.7 Å². The van der Waals surface area contributed by atoms with Crippen molar-refractivity contribution in [3.05, 3.63) is 0 Å². The van der Waals surface area contributed by atoms with Crippen LogP contribution in [0.25, 0.3) is 0 Å². The number of nitrogens with one attached hydrogen (secondary N) is 1. The van der Waals surface area contributed by atoms with E-state index in [1.165, 1.54) is 0 Å². The van der Waals surface area contributed by atoms with Crippen LogP contribution in [0.3, 0.4) is 0 Å². The molecule has 84 valence electrons. The first-order valence-electron chi connectivity index (χ1n) is 4.82. The summed E-state index contributed by atoms with van der Waals surface area (Å²) in [4.78, 5) is 13.3. The molecule has 0 saturated carbocycles. The van der Waals surface area contributed by atoms with Gasteiger partial charge in [-0.2, -0.15) is 0 Å². The maximum Gasteiger partial charge on any atom is 0.317 e. The molecule has 0 aromatic rings. The molecular formula is C10H22N2O2. The fourth-order valence-electron chi connectivity index (χ4n) is 0.962. The number of rotatable bonds is 3. The molecule has 0 aromatic heterocycles. The highest BCUT2D eigenvalue weighted by atomic mass is 16.5. The van der Waals surface area contributed by atoms with Gasteiger partial charge in [0.15, 0.2) is 0 Å². The van der Waals surface area contributed by atoms with Gasteiger partial charge in [-0.1, -0.05) is 0 Å². The molecule has 1 atom stereocenters. The maximum absolute atomic E-state index is 11.6. The maximum atomic E-state index is 11.6. The van der Waals surface area contributed by atoms with Crippen LogP contribution in [0.1, 0.15) is 27.7 Å². The number of ether oxygens (including phenoxy) is 1. The molecule has 0 aliphatic rings. The van der Waals surface area contributed by atoms with Crippen LogP contribution >= 0.6 is 0 Å². The van der Waals surface area contributed by atoms with Gasteiger partial charge in [-0.15, -0.1) is 0 Å². The lowest BCUT2D eigenvalue weighted by Crippen LogP contribution is -2.50. The number of likely N-dealkylation sites (N-methyl/N-ethyl adjacent to an activating group) is 1. The summed E-state index contributed by atoms with van der Waals surface area (Å²) in [5.41, 5.74) is -0.196. The summed E-state index contributed by atoms with van der Waals surface area (Å²) in [5, 5.41) is 2.89. The Morgan fingerprint density at radius 1 is 1.50 bits per heavy atom. The van der Waals surface area contributed by atoms with E-state index in [0.29, 0.717) is 6.61 Å². The number of hydrogen-bond acceptors (Lipinski definition) is 2. The minimum Gasteiger partial charge on any atom is -0.383 e. The third kappa shape index (κ3) is 5.07. The quantitative estimate of drug-likeness (QED) is 0.753. The average molecular weight is 202 g/mol. The summed E-state index contributed by atoms with van der Waals surface area (Å²) in [7, 11) is 3.40. The number of nitrogens with zero attached hydrogens (tertiary/aromatic N) is 1. The highest BCUT2D eigenvalue weighted by molar-refractivity contribution is 5.74. The average Bonchev–Trinajstić information content (AvgIpc) is 2.00. The van der Waals surface area contributed by atoms with Crippen LogP contribution in [0.2, 0.25) is 0 Å². The Bertz CT molecular complexity index is 187. The second-order valence-electron chi connectivity index (χ2n) is 4.60. The van der Waals surface area contributed by atoms with Crippen LogP contribution in [0.5, 0.6) is 0 Å². The van der Waals surface area contributed by atoms with E-state index in [9.17, 15) is 4.79 Å². The van der Waals surface area contributed by atoms with Crippen LogP contribution in [0, 0.1) is 0 Å². The van der Waals surface area contributed by atoms with Crippen molar-refractivity contribution in [2.45, 2.75) is 39.3 Å². The van der Waals surface area contributed by atoms with Crippen LogP contribution in [0.4, 0.5) is 4.79 Å². The zero-order valence-electron chi connectivity index (χ0n) is 10.0. The molecule has 0 aromatic carbocycles. The van der Waals surface area contributed by atoms with Gasteiger partial charge in [0.1, 0.15) is 0 Å². The predicted molar refractivity (Wildman–Crippen MR) is 57.4 cm³/mol. The number of urea groups is 1. The molecule has 1 unspecified atom stereocenters. The Morgan fingerprint density at radius 3 is 2.36 bits per heavy atom. The van der Waals surface area contributed by atoms with E-state index in [-0.39, 0.29) is 17.6 Å². The number of carbonyl (C=O) groups excluding carboxylic acids is 1. The van der Waals surface area contributed by atoms with E-state index in [4.69, 9.17) is 4.74 Å². The second-order valence-corrected chi connectivity index (χ2v) is 4.60. The summed E-state index contributed by atoms with van der Waals surface area (Å²) >= 11 is 0. The highest BCUT2D eigenvalue weighted by Crippen LogP contribution is 2.02. The van der Waals surface area contributed by atoms with E-state index in [0.717, 1.165) is 0 Å². The van der Waals surface area contributed by atoms with E-state index in [2.05, 4.69) is 5.32 Å². The van der Waals surface area contributed by atoms with Crippen molar-refractivity contribution < 1.29 is 9.53 Å². The summed E-state index contributed by atoms with van der Waals surface area (Å²) < 4.78 is 4.98. The number of methoxy groups -OCH3 is 1. The highest BCUT2D eigenvalue weighted by Gasteiger charge is 2.20. The van der Waals surface area contributed by atoms with Crippen molar-refractivity contribution in [2.75, 3.05) is 20.8 Å². The summed E-state index contributed by atoms with van der Waals surface area (Å²) in [5.74, 6) is 0. The lowest BCUT2D eigenvalue weighted by atomic mass is 10.1. The lowest BCUT2D eigenvalue weighted by molar-refractivity contribution is 0.120. The van der Waals surface area contributed by atoms with Crippen molar-refractivity contribution in [2.24, 2.45) is 0 Å². The minimum absolute atomic E-state index is 0.0675. The first-order valence-corrected chi connectivity index (χ1v) is 4.82. The third-order valence-electron chi connectivity index (χ3n) is 1.87. The summed E-state index contributed by atoms with van der Waals surface area (Å²) in [6.45, 7) is 8.37. The number of hydrogen-bond donors (Lipinski definition) is 1. The molecule has 1 N–H and O–H groups in total. The van der Waals surface area contributed by atoms with Crippen molar-refractivity contribution >= 4 is 6.03 Å². The van der Waals surface area contributed by atoms with Gasteiger partial charge in [-0.25, -0.2) is 4.79 Å². The largest absolute Gasteiger partial charge is 0.383 e. The normalized spacial score (nSPS) is 13.6. The van der Waals surface area contributed by atoms with Gasteiger partial charge in [-0.3, -0.25) is 0 Å². The molecule has 0 radical (unpaired) electrons. The second kappa shape index (κ2) is 5.20. The Balaban J connectivity index is 4.12. The molecule has 0 aliphatic carbocycles. The molecule has 2 amide bonds. The van der Waals surface area contributed by atoms with Crippen LogP contribution in [-0.4, -0.2) is 43.3 Å².